The van der Waals surface area contributed by atoms with Crippen molar-refractivity contribution in [1.82, 2.24) is 5.32 Å². The molecule has 108 valence electrons. The maximum absolute atomic E-state index is 11.8. The molecule has 0 aromatic heterocycles. The average molecular weight is 276 g/mol. The third-order valence-electron chi connectivity index (χ3n) is 3.88. The number of hydrogen-bond donors (Lipinski definition) is 3. The Morgan fingerprint density at radius 3 is 2.70 bits per heavy atom. The van der Waals surface area contributed by atoms with E-state index in [2.05, 4.69) is 10.6 Å². The number of carbonyl (C=O) groups excluding carboxylic acids is 1. The van der Waals surface area contributed by atoms with Crippen molar-refractivity contribution in [2.24, 2.45) is 5.92 Å². The second-order valence-electron chi connectivity index (χ2n) is 5.25. The van der Waals surface area contributed by atoms with Crippen molar-refractivity contribution < 1.29 is 14.7 Å². The monoisotopic (exact) mass is 276 g/mol. The molecule has 1 aromatic carbocycles. The van der Waals surface area contributed by atoms with Gasteiger partial charge in [-0.15, -0.1) is 0 Å². The first-order chi connectivity index (χ1) is 9.58. The van der Waals surface area contributed by atoms with E-state index in [1.807, 2.05) is 0 Å². The van der Waals surface area contributed by atoms with Crippen molar-refractivity contribution in [2.45, 2.75) is 32.6 Å². The quantitative estimate of drug-likeness (QED) is 0.773. The Balaban J connectivity index is 1.87. The van der Waals surface area contributed by atoms with Crippen molar-refractivity contribution in [1.29, 1.82) is 0 Å². The Morgan fingerprint density at radius 2 is 2.10 bits per heavy atom. The van der Waals surface area contributed by atoms with Crippen molar-refractivity contribution >= 4 is 17.7 Å². The predicted octanol–water partition coefficient (Wildman–Crippen LogP) is 3.00. The summed E-state index contributed by atoms with van der Waals surface area (Å²) in [6.07, 6.45) is 4.85. The highest BCUT2D eigenvalue weighted by Gasteiger charge is 2.17. The third kappa shape index (κ3) is 3.50. The maximum atomic E-state index is 11.8. The molecule has 1 aromatic rings. The number of carboxylic acid groups (broad SMARTS) is 1. The second kappa shape index (κ2) is 6.41. The van der Waals surface area contributed by atoms with Gasteiger partial charge in [-0.3, -0.25) is 0 Å². The fourth-order valence-corrected chi connectivity index (χ4v) is 2.34. The van der Waals surface area contributed by atoms with Gasteiger partial charge in [0.2, 0.25) is 0 Å². The first-order valence-corrected chi connectivity index (χ1v) is 6.95. The van der Waals surface area contributed by atoms with E-state index in [4.69, 9.17) is 5.11 Å². The van der Waals surface area contributed by atoms with E-state index in [-0.39, 0.29) is 11.6 Å². The van der Waals surface area contributed by atoms with Crippen LogP contribution in [0.5, 0.6) is 0 Å². The van der Waals surface area contributed by atoms with Crippen LogP contribution in [0.4, 0.5) is 10.5 Å². The summed E-state index contributed by atoms with van der Waals surface area (Å²) < 4.78 is 0. The highest BCUT2D eigenvalue weighted by molar-refractivity contribution is 5.95. The van der Waals surface area contributed by atoms with E-state index in [0.717, 1.165) is 12.3 Å². The zero-order valence-corrected chi connectivity index (χ0v) is 11.6. The van der Waals surface area contributed by atoms with Gasteiger partial charge in [-0.2, -0.15) is 0 Å². The van der Waals surface area contributed by atoms with Crippen LogP contribution in [0.15, 0.2) is 18.2 Å². The maximum Gasteiger partial charge on any atom is 0.336 e. The predicted molar refractivity (Wildman–Crippen MR) is 77.1 cm³/mol. The van der Waals surface area contributed by atoms with Crippen LogP contribution in [0.3, 0.4) is 0 Å². The summed E-state index contributed by atoms with van der Waals surface area (Å²) in [7, 11) is 0. The summed E-state index contributed by atoms with van der Waals surface area (Å²) in [6.45, 7) is 2.35. The lowest BCUT2D eigenvalue weighted by Gasteiger charge is -2.25. The van der Waals surface area contributed by atoms with Gasteiger partial charge in [0.25, 0.3) is 0 Å². The molecular formula is C15H20N2O3. The van der Waals surface area contributed by atoms with Crippen LogP contribution in [0.25, 0.3) is 0 Å². The Bertz CT molecular complexity index is 510. The van der Waals surface area contributed by atoms with Crippen molar-refractivity contribution in [3.05, 3.63) is 29.3 Å². The number of nitrogens with one attached hydrogen (secondary N) is 2. The highest BCUT2D eigenvalue weighted by atomic mass is 16.4. The standard InChI is InChI=1S/C15H20N2O3/c1-10-12(14(18)19)6-3-7-13(10)17-15(20)16-9-8-11-4-2-5-11/h3,6-7,11H,2,4-5,8-9H2,1H3,(H,18,19)(H2,16,17,20). The number of carbonyl (C=O) groups is 2. The van der Waals surface area contributed by atoms with E-state index >= 15 is 0 Å². The van der Waals surface area contributed by atoms with Gasteiger partial charge in [-0.05, 0) is 37.0 Å². The van der Waals surface area contributed by atoms with Gasteiger partial charge in [-0.1, -0.05) is 25.3 Å². The van der Waals surface area contributed by atoms with Gasteiger partial charge in [0.1, 0.15) is 0 Å². The molecule has 1 aliphatic carbocycles. The number of rotatable bonds is 5. The fraction of sp³-hybridized carbons (Fsp3) is 0.467. The van der Waals surface area contributed by atoms with Crippen LogP contribution < -0.4 is 10.6 Å². The van der Waals surface area contributed by atoms with E-state index < -0.39 is 5.97 Å². The molecule has 0 bridgehead atoms. The first-order valence-electron chi connectivity index (χ1n) is 6.95. The van der Waals surface area contributed by atoms with Crippen molar-refractivity contribution in [3.63, 3.8) is 0 Å². The lowest BCUT2D eigenvalue weighted by atomic mass is 9.83. The smallest absolute Gasteiger partial charge is 0.336 e. The number of anilines is 1. The van der Waals surface area contributed by atoms with Gasteiger partial charge in [-0.25, -0.2) is 9.59 Å². The summed E-state index contributed by atoms with van der Waals surface area (Å²) in [6, 6.07) is 4.57. The number of aromatic carboxylic acids is 1. The highest BCUT2D eigenvalue weighted by Crippen LogP contribution is 2.28. The van der Waals surface area contributed by atoms with Crippen LogP contribution in [0, 0.1) is 12.8 Å². The van der Waals surface area contributed by atoms with E-state index in [0.29, 0.717) is 17.8 Å². The molecule has 5 nitrogen and oxygen atoms in total. The molecule has 2 amide bonds. The van der Waals surface area contributed by atoms with Crippen LogP contribution in [-0.2, 0) is 0 Å². The molecule has 3 N–H and O–H groups in total. The van der Waals surface area contributed by atoms with E-state index in [1.165, 1.54) is 25.3 Å². The Hall–Kier alpha value is -2.04. The minimum absolute atomic E-state index is 0.206. The number of carboxylic acids is 1. The van der Waals surface area contributed by atoms with Gasteiger partial charge >= 0.3 is 12.0 Å². The average Bonchev–Trinajstić information content (AvgIpc) is 2.34. The molecule has 1 aliphatic rings. The molecule has 0 unspecified atom stereocenters. The topological polar surface area (TPSA) is 78.4 Å². The number of urea groups is 1. The van der Waals surface area contributed by atoms with Crippen LogP contribution in [0.2, 0.25) is 0 Å². The Morgan fingerprint density at radius 1 is 1.35 bits per heavy atom. The minimum atomic E-state index is -0.989. The van der Waals surface area contributed by atoms with Gasteiger partial charge in [0.05, 0.1) is 5.56 Å². The van der Waals surface area contributed by atoms with Crippen LogP contribution in [0.1, 0.15) is 41.6 Å². The van der Waals surface area contributed by atoms with E-state index in [9.17, 15) is 9.59 Å². The zero-order valence-electron chi connectivity index (χ0n) is 11.6. The largest absolute Gasteiger partial charge is 0.478 e. The molecule has 0 radical (unpaired) electrons. The SMILES string of the molecule is Cc1c(NC(=O)NCCC2CCC2)cccc1C(=O)O. The number of amides is 2. The van der Waals surface area contributed by atoms with Crippen LogP contribution in [-0.4, -0.2) is 23.7 Å². The molecule has 0 heterocycles. The number of benzene rings is 1. The van der Waals surface area contributed by atoms with Gasteiger partial charge < -0.3 is 15.7 Å². The molecule has 0 saturated heterocycles. The number of hydrogen-bond acceptors (Lipinski definition) is 2. The molecule has 5 heteroatoms. The van der Waals surface area contributed by atoms with Crippen molar-refractivity contribution in [3.8, 4) is 0 Å². The third-order valence-corrected chi connectivity index (χ3v) is 3.88. The van der Waals surface area contributed by atoms with Crippen LogP contribution >= 0.6 is 0 Å². The van der Waals surface area contributed by atoms with E-state index in [1.54, 1.807) is 19.1 Å². The molecule has 2 rings (SSSR count). The summed E-state index contributed by atoms with van der Waals surface area (Å²) in [4.78, 5) is 22.8. The normalized spacial score (nSPS) is 14.4. The summed E-state index contributed by atoms with van der Waals surface area (Å²) in [5, 5.41) is 14.5. The summed E-state index contributed by atoms with van der Waals surface area (Å²) in [5.41, 5.74) is 1.30. The molecule has 0 aliphatic heterocycles. The molecule has 0 atom stereocenters. The lowest BCUT2D eigenvalue weighted by Crippen LogP contribution is -2.31. The van der Waals surface area contributed by atoms with Gasteiger partial charge in [0, 0.05) is 12.2 Å². The first kappa shape index (κ1) is 14.4. The summed E-state index contributed by atoms with van der Waals surface area (Å²) in [5.74, 6) is -0.232. The molecule has 20 heavy (non-hydrogen) atoms. The molecule has 1 saturated carbocycles. The second-order valence-corrected chi connectivity index (χ2v) is 5.25. The minimum Gasteiger partial charge on any atom is -0.478 e. The summed E-state index contributed by atoms with van der Waals surface area (Å²) >= 11 is 0. The zero-order chi connectivity index (χ0) is 14.5. The van der Waals surface area contributed by atoms with Gasteiger partial charge in [0.15, 0.2) is 0 Å². The Labute approximate surface area is 118 Å². The molecular weight excluding hydrogens is 256 g/mol. The molecule has 1 fully saturated rings. The molecule has 0 spiro atoms. The lowest BCUT2D eigenvalue weighted by molar-refractivity contribution is 0.0696. The Kier molecular flexibility index (Phi) is 4.61. The fourth-order valence-electron chi connectivity index (χ4n) is 2.34. The van der Waals surface area contributed by atoms with Crippen molar-refractivity contribution in [2.75, 3.05) is 11.9 Å².